The van der Waals surface area contributed by atoms with Crippen LogP contribution in [-0.2, 0) is 6.54 Å². The second kappa shape index (κ2) is 9.10. The summed E-state index contributed by atoms with van der Waals surface area (Å²) in [4.78, 5) is 23.3. The third kappa shape index (κ3) is 4.59. The zero-order valence-electron chi connectivity index (χ0n) is 17.9. The number of amides is 1. The van der Waals surface area contributed by atoms with E-state index >= 15 is 0 Å². The van der Waals surface area contributed by atoms with E-state index in [0.29, 0.717) is 17.6 Å². The lowest BCUT2D eigenvalue weighted by molar-refractivity contribution is 0.0938. The van der Waals surface area contributed by atoms with E-state index in [1.165, 1.54) is 18.4 Å². The van der Waals surface area contributed by atoms with E-state index in [-0.39, 0.29) is 5.91 Å². The first-order chi connectivity index (χ1) is 15.3. The summed E-state index contributed by atoms with van der Waals surface area (Å²) in [5.74, 6) is -0.00786. The van der Waals surface area contributed by atoms with Gasteiger partial charge in [-0.3, -0.25) is 9.69 Å². The number of hydrogen-bond acceptors (Lipinski definition) is 4. The zero-order valence-corrected chi connectivity index (χ0v) is 17.9. The molecule has 2 fully saturated rings. The quantitative estimate of drug-likeness (QED) is 0.559. The summed E-state index contributed by atoms with van der Waals surface area (Å²) in [6.07, 6.45) is 10.3. The zero-order chi connectivity index (χ0) is 21.0. The maximum Gasteiger partial charge on any atom is 0.255 e. The number of H-pyrrole nitrogens is 1. The van der Waals surface area contributed by atoms with Gasteiger partial charge in [0, 0.05) is 49.5 Å². The van der Waals surface area contributed by atoms with Gasteiger partial charge in [0.1, 0.15) is 5.65 Å². The van der Waals surface area contributed by atoms with Gasteiger partial charge in [0.25, 0.3) is 5.91 Å². The van der Waals surface area contributed by atoms with Crippen molar-refractivity contribution in [2.75, 3.05) is 18.4 Å². The molecule has 2 aliphatic rings. The first-order valence-corrected chi connectivity index (χ1v) is 11.6. The highest BCUT2D eigenvalue weighted by atomic mass is 16.1. The molecule has 2 aromatic heterocycles. The summed E-state index contributed by atoms with van der Waals surface area (Å²) in [5.41, 5.74) is 3.76. The predicted octanol–water partition coefficient (Wildman–Crippen LogP) is 4.31. The number of aromatic amines is 1. The maximum atomic E-state index is 13.1. The molecule has 3 N–H and O–H groups in total. The number of aromatic nitrogens is 2. The van der Waals surface area contributed by atoms with E-state index in [2.05, 4.69) is 55.8 Å². The molecule has 3 heterocycles. The van der Waals surface area contributed by atoms with Crippen LogP contribution in [0.25, 0.3) is 11.0 Å². The van der Waals surface area contributed by atoms with Crippen molar-refractivity contribution < 1.29 is 4.79 Å². The van der Waals surface area contributed by atoms with Crippen LogP contribution in [0.2, 0.25) is 0 Å². The van der Waals surface area contributed by atoms with Crippen molar-refractivity contribution in [3.05, 3.63) is 59.9 Å². The molecule has 0 radical (unpaired) electrons. The third-order valence-electron chi connectivity index (χ3n) is 6.71. The molecule has 0 atom stereocenters. The van der Waals surface area contributed by atoms with E-state index in [1.54, 1.807) is 6.20 Å². The number of pyridine rings is 1. The first kappa shape index (κ1) is 20.1. The van der Waals surface area contributed by atoms with E-state index in [1.807, 2.05) is 12.3 Å². The molecule has 1 aliphatic heterocycles. The molecule has 31 heavy (non-hydrogen) atoms. The molecule has 162 valence electrons. The monoisotopic (exact) mass is 417 g/mol. The van der Waals surface area contributed by atoms with Crippen LogP contribution in [-0.4, -0.2) is 45.9 Å². The fourth-order valence-corrected chi connectivity index (χ4v) is 4.95. The topological polar surface area (TPSA) is 73.0 Å². The average molecular weight is 418 g/mol. The number of piperidine rings is 1. The van der Waals surface area contributed by atoms with Crippen LogP contribution in [0.3, 0.4) is 0 Å². The number of nitrogens with one attached hydrogen (secondary N) is 3. The van der Waals surface area contributed by atoms with Crippen LogP contribution < -0.4 is 10.6 Å². The summed E-state index contributed by atoms with van der Waals surface area (Å²) in [7, 11) is 0. The minimum atomic E-state index is -0.00786. The summed E-state index contributed by atoms with van der Waals surface area (Å²) in [6.45, 7) is 3.11. The van der Waals surface area contributed by atoms with Crippen molar-refractivity contribution in [3.8, 4) is 0 Å². The van der Waals surface area contributed by atoms with Crippen molar-refractivity contribution in [1.29, 1.82) is 0 Å². The minimum absolute atomic E-state index is 0.00786. The Balaban J connectivity index is 1.28. The predicted molar refractivity (Wildman–Crippen MR) is 124 cm³/mol. The highest BCUT2D eigenvalue weighted by Crippen LogP contribution is 2.29. The number of hydrogen-bond donors (Lipinski definition) is 3. The van der Waals surface area contributed by atoms with Crippen molar-refractivity contribution in [2.45, 2.75) is 57.2 Å². The molecule has 1 saturated heterocycles. The number of benzene rings is 1. The lowest BCUT2D eigenvalue weighted by Gasteiger charge is -2.33. The van der Waals surface area contributed by atoms with Gasteiger partial charge in [0.2, 0.25) is 0 Å². The fraction of sp³-hybridized carbons (Fsp3) is 0.440. The highest BCUT2D eigenvalue weighted by Gasteiger charge is 2.25. The van der Waals surface area contributed by atoms with Gasteiger partial charge in [-0.1, -0.05) is 43.2 Å². The number of anilines is 1. The number of rotatable bonds is 6. The van der Waals surface area contributed by atoms with Gasteiger partial charge in [0.05, 0.1) is 11.3 Å². The van der Waals surface area contributed by atoms with Crippen molar-refractivity contribution in [3.63, 3.8) is 0 Å². The Hall–Kier alpha value is -2.86. The number of nitrogens with zero attached hydrogens (tertiary/aromatic N) is 2. The number of carbonyl (C=O) groups is 1. The molecule has 1 aromatic carbocycles. The van der Waals surface area contributed by atoms with E-state index in [9.17, 15) is 4.79 Å². The highest BCUT2D eigenvalue weighted by molar-refractivity contribution is 6.06. The molecule has 0 spiro atoms. The molecular weight excluding hydrogens is 386 g/mol. The van der Waals surface area contributed by atoms with E-state index in [0.717, 1.165) is 62.0 Å². The number of fused-ring (bicyclic) bond motifs is 1. The number of carbonyl (C=O) groups excluding carboxylic acids is 1. The number of likely N-dealkylation sites (tertiary alicyclic amines) is 1. The Labute approximate surface area is 183 Å². The Kier molecular flexibility index (Phi) is 5.89. The molecule has 1 saturated carbocycles. The summed E-state index contributed by atoms with van der Waals surface area (Å²) in [5, 5.41) is 7.94. The van der Waals surface area contributed by atoms with Gasteiger partial charge in [-0.15, -0.1) is 0 Å². The molecule has 0 bridgehead atoms. The SMILES string of the molecule is O=C(NC1CCCC1)c1cnc2[nH]ccc2c1NC1CCN(Cc2ccccc2)CC1. The van der Waals surface area contributed by atoms with Gasteiger partial charge in [0.15, 0.2) is 0 Å². The normalized spacial score (nSPS) is 18.5. The smallest absolute Gasteiger partial charge is 0.255 e. The standard InChI is InChI=1S/C25H31N5O/c31-25(29-19-8-4-5-9-19)22-16-27-24-21(10-13-26-24)23(22)28-20-11-14-30(15-12-20)17-18-6-2-1-3-7-18/h1-3,6-7,10,13,16,19-20H,4-5,8-9,11-12,14-15,17H2,(H,29,31)(H2,26,27,28). The van der Waals surface area contributed by atoms with Crippen molar-refractivity contribution >= 4 is 22.6 Å². The lowest BCUT2D eigenvalue weighted by atomic mass is 10.0. The molecular formula is C25H31N5O. The van der Waals surface area contributed by atoms with Crippen molar-refractivity contribution in [2.24, 2.45) is 0 Å². The van der Waals surface area contributed by atoms with Crippen LogP contribution in [0.15, 0.2) is 48.8 Å². The first-order valence-electron chi connectivity index (χ1n) is 11.6. The Morgan fingerprint density at radius 3 is 2.58 bits per heavy atom. The van der Waals surface area contributed by atoms with Gasteiger partial charge < -0.3 is 15.6 Å². The molecule has 1 aliphatic carbocycles. The molecule has 3 aromatic rings. The molecule has 1 amide bonds. The second-order valence-corrected chi connectivity index (χ2v) is 8.92. The maximum absolute atomic E-state index is 13.1. The van der Waals surface area contributed by atoms with E-state index < -0.39 is 0 Å². The largest absolute Gasteiger partial charge is 0.381 e. The third-order valence-corrected chi connectivity index (χ3v) is 6.71. The molecule has 6 nitrogen and oxygen atoms in total. The molecule has 0 unspecified atom stereocenters. The summed E-state index contributed by atoms with van der Waals surface area (Å²) < 4.78 is 0. The second-order valence-electron chi connectivity index (χ2n) is 8.92. The Bertz CT molecular complexity index is 1020. The molecule has 5 rings (SSSR count). The van der Waals surface area contributed by atoms with Crippen LogP contribution in [0.1, 0.15) is 54.4 Å². The van der Waals surface area contributed by atoms with Crippen LogP contribution in [0, 0.1) is 0 Å². The van der Waals surface area contributed by atoms with Gasteiger partial charge in [-0.05, 0) is 37.3 Å². The molecule has 6 heteroatoms. The lowest BCUT2D eigenvalue weighted by Crippen LogP contribution is -2.39. The minimum Gasteiger partial charge on any atom is -0.381 e. The van der Waals surface area contributed by atoms with Crippen LogP contribution >= 0.6 is 0 Å². The Morgan fingerprint density at radius 1 is 1.03 bits per heavy atom. The summed E-state index contributed by atoms with van der Waals surface area (Å²) >= 11 is 0. The fourth-order valence-electron chi connectivity index (χ4n) is 4.95. The van der Waals surface area contributed by atoms with Gasteiger partial charge in [-0.25, -0.2) is 4.98 Å². The van der Waals surface area contributed by atoms with Gasteiger partial charge >= 0.3 is 0 Å². The van der Waals surface area contributed by atoms with Crippen molar-refractivity contribution in [1.82, 2.24) is 20.2 Å². The van der Waals surface area contributed by atoms with Crippen LogP contribution in [0.4, 0.5) is 5.69 Å². The average Bonchev–Trinajstić information content (AvgIpc) is 3.48. The van der Waals surface area contributed by atoms with Crippen LogP contribution in [0.5, 0.6) is 0 Å². The van der Waals surface area contributed by atoms with Gasteiger partial charge in [-0.2, -0.15) is 0 Å². The van der Waals surface area contributed by atoms with E-state index in [4.69, 9.17) is 0 Å². The summed E-state index contributed by atoms with van der Waals surface area (Å²) in [6, 6.07) is 13.3. The Morgan fingerprint density at radius 2 is 1.81 bits per heavy atom.